The van der Waals surface area contributed by atoms with E-state index in [9.17, 15) is 0 Å². The van der Waals surface area contributed by atoms with E-state index in [4.69, 9.17) is 4.74 Å². The fourth-order valence-electron chi connectivity index (χ4n) is 1.33. The van der Waals surface area contributed by atoms with Crippen molar-refractivity contribution in [1.29, 1.82) is 0 Å². The molecule has 1 aromatic heterocycles. The highest BCUT2D eigenvalue weighted by atomic mass is 32.1. The summed E-state index contributed by atoms with van der Waals surface area (Å²) in [6.07, 6.45) is 4.03. The van der Waals surface area contributed by atoms with Crippen LogP contribution in [0.15, 0.2) is 18.2 Å². The van der Waals surface area contributed by atoms with Crippen molar-refractivity contribution in [1.82, 2.24) is 5.32 Å². The van der Waals surface area contributed by atoms with Gasteiger partial charge in [-0.3, -0.25) is 0 Å². The van der Waals surface area contributed by atoms with Gasteiger partial charge < -0.3 is 10.1 Å². The van der Waals surface area contributed by atoms with Crippen molar-refractivity contribution in [2.75, 3.05) is 13.7 Å². The number of thiophene rings is 1. The number of ether oxygens (including phenoxy) is 1. The maximum absolute atomic E-state index is 5.53. The summed E-state index contributed by atoms with van der Waals surface area (Å²) in [6.45, 7) is 6.52. The van der Waals surface area contributed by atoms with Crippen LogP contribution < -0.4 is 5.32 Å². The maximum atomic E-state index is 5.53. The Morgan fingerprint density at radius 1 is 1.53 bits per heavy atom. The van der Waals surface area contributed by atoms with E-state index in [-0.39, 0.29) is 0 Å². The Bertz CT molecular complexity index is 317. The van der Waals surface area contributed by atoms with Gasteiger partial charge in [0.2, 0.25) is 0 Å². The van der Waals surface area contributed by atoms with Crippen LogP contribution in [0, 0.1) is 6.92 Å². The highest BCUT2D eigenvalue weighted by Gasteiger charge is 2.04. The van der Waals surface area contributed by atoms with Gasteiger partial charge in [-0.05, 0) is 32.5 Å². The van der Waals surface area contributed by atoms with E-state index >= 15 is 0 Å². The number of aryl methyl sites for hydroxylation is 1. The molecule has 0 unspecified atom stereocenters. The third kappa shape index (κ3) is 4.16. The average molecular weight is 225 g/mol. The molecule has 0 spiro atoms. The molecule has 1 aromatic rings. The van der Waals surface area contributed by atoms with Gasteiger partial charge >= 0.3 is 0 Å². The van der Waals surface area contributed by atoms with E-state index in [0.717, 1.165) is 13.2 Å². The van der Waals surface area contributed by atoms with Crippen LogP contribution >= 0.6 is 11.3 Å². The van der Waals surface area contributed by atoms with Gasteiger partial charge in [-0.25, -0.2) is 0 Å². The normalized spacial score (nSPS) is 11.4. The Labute approximate surface area is 96.0 Å². The number of hydrogen-bond donors (Lipinski definition) is 1. The molecule has 1 heterocycles. The molecule has 1 N–H and O–H groups in total. The van der Waals surface area contributed by atoms with Gasteiger partial charge in [0.05, 0.1) is 13.2 Å². The lowest BCUT2D eigenvalue weighted by molar-refractivity contribution is 0.148. The van der Waals surface area contributed by atoms with E-state index in [1.807, 2.05) is 37.5 Å². The van der Waals surface area contributed by atoms with Gasteiger partial charge in [-0.15, -0.1) is 11.3 Å². The zero-order valence-corrected chi connectivity index (χ0v) is 10.5. The summed E-state index contributed by atoms with van der Waals surface area (Å²) in [7, 11) is 1.97. The van der Waals surface area contributed by atoms with Crippen molar-refractivity contribution >= 4 is 11.3 Å². The van der Waals surface area contributed by atoms with Gasteiger partial charge in [0, 0.05) is 16.3 Å². The van der Waals surface area contributed by atoms with E-state index in [2.05, 4.69) is 18.3 Å². The fraction of sp³-hybridized carbons (Fsp3) is 0.500. The van der Waals surface area contributed by atoms with Crippen LogP contribution in [-0.2, 0) is 17.9 Å². The Hall–Kier alpha value is -0.640. The van der Waals surface area contributed by atoms with Gasteiger partial charge in [0.1, 0.15) is 0 Å². The van der Waals surface area contributed by atoms with Crippen LogP contribution in [0.4, 0.5) is 0 Å². The van der Waals surface area contributed by atoms with Gasteiger partial charge in [-0.1, -0.05) is 12.2 Å². The first kappa shape index (κ1) is 12.4. The van der Waals surface area contributed by atoms with Gasteiger partial charge in [0.25, 0.3) is 0 Å². The third-order valence-electron chi connectivity index (χ3n) is 2.13. The van der Waals surface area contributed by atoms with Crippen molar-refractivity contribution in [2.45, 2.75) is 27.0 Å². The molecule has 0 saturated carbocycles. The molecular formula is C12H19NOS. The Kier molecular flexibility index (Phi) is 5.61. The molecule has 0 atom stereocenters. The molecule has 0 aliphatic carbocycles. The van der Waals surface area contributed by atoms with Crippen LogP contribution in [0.25, 0.3) is 0 Å². The minimum Gasteiger partial charge on any atom is -0.373 e. The van der Waals surface area contributed by atoms with E-state index < -0.39 is 0 Å². The molecule has 0 fully saturated rings. The largest absolute Gasteiger partial charge is 0.373 e. The van der Waals surface area contributed by atoms with E-state index in [0.29, 0.717) is 6.61 Å². The average Bonchev–Trinajstić information content (AvgIpc) is 2.55. The molecule has 2 nitrogen and oxygen atoms in total. The monoisotopic (exact) mass is 225 g/mol. The van der Waals surface area contributed by atoms with Crippen LogP contribution in [0.3, 0.4) is 0 Å². The SMILES string of the molecule is C/C=C/COCc1cc(CNC)sc1C. The topological polar surface area (TPSA) is 21.3 Å². The lowest BCUT2D eigenvalue weighted by atomic mass is 10.2. The molecule has 0 aromatic carbocycles. The third-order valence-corrected chi connectivity index (χ3v) is 3.22. The van der Waals surface area contributed by atoms with Crippen molar-refractivity contribution in [2.24, 2.45) is 0 Å². The highest BCUT2D eigenvalue weighted by Crippen LogP contribution is 2.22. The minimum absolute atomic E-state index is 0.702. The molecular weight excluding hydrogens is 206 g/mol. The van der Waals surface area contributed by atoms with Gasteiger partial charge in [-0.2, -0.15) is 0 Å². The predicted molar refractivity (Wildman–Crippen MR) is 66.3 cm³/mol. The number of allylic oxidation sites excluding steroid dienone is 1. The summed E-state index contributed by atoms with van der Waals surface area (Å²) in [6, 6.07) is 2.23. The van der Waals surface area contributed by atoms with Crippen LogP contribution in [-0.4, -0.2) is 13.7 Å². The zero-order valence-electron chi connectivity index (χ0n) is 9.67. The van der Waals surface area contributed by atoms with Crippen molar-refractivity contribution in [3.8, 4) is 0 Å². The molecule has 3 heteroatoms. The molecule has 84 valence electrons. The quantitative estimate of drug-likeness (QED) is 0.594. The summed E-state index contributed by atoms with van der Waals surface area (Å²) in [5.41, 5.74) is 1.31. The minimum atomic E-state index is 0.702. The lowest BCUT2D eigenvalue weighted by Crippen LogP contribution is -2.02. The summed E-state index contributed by atoms with van der Waals surface area (Å²) in [5, 5.41) is 3.16. The van der Waals surface area contributed by atoms with Gasteiger partial charge in [0.15, 0.2) is 0 Å². The lowest BCUT2D eigenvalue weighted by Gasteiger charge is -1.99. The van der Waals surface area contributed by atoms with Crippen molar-refractivity contribution < 1.29 is 4.74 Å². The molecule has 15 heavy (non-hydrogen) atoms. The maximum Gasteiger partial charge on any atom is 0.0731 e. The number of nitrogens with one attached hydrogen (secondary N) is 1. The first-order valence-electron chi connectivity index (χ1n) is 5.19. The molecule has 0 radical (unpaired) electrons. The second kappa shape index (κ2) is 6.77. The Morgan fingerprint density at radius 2 is 2.33 bits per heavy atom. The number of rotatable bonds is 6. The molecule has 0 aliphatic rings. The zero-order chi connectivity index (χ0) is 11.1. The molecule has 0 amide bonds. The first-order valence-corrected chi connectivity index (χ1v) is 6.01. The first-order chi connectivity index (χ1) is 7.27. The summed E-state index contributed by atoms with van der Waals surface area (Å²) < 4.78 is 5.53. The van der Waals surface area contributed by atoms with Crippen LogP contribution in [0.1, 0.15) is 22.2 Å². The van der Waals surface area contributed by atoms with E-state index in [1.165, 1.54) is 15.3 Å². The summed E-state index contributed by atoms with van der Waals surface area (Å²) >= 11 is 1.84. The molecule has 1 rings (SSSR count). The standard InChI is InChI=1S/C12H19NOS/c1-4-5-6-14-9-11-7-12(8-13-3)15-10(11)2/h4-5,7,13H,6,8-9H2,1-3H3/b5-4+. The highest BCUT2D eigenvalue weighted by molar-refractivity contribution is 7.12. The summed E-state index contributed by atoms with van der Waals surface area (Å²) in [5.74, 6) is 0. The molecule has 0 aliphatic heterocycles. The van der Waals surface area contributed by atoms with Crippen molar-refractivity contribution in [3.63, 3.8) is 0 Å². The van der Waals surface area contributed by atoms with Crippen LogP contribution in [0.2, 0.25) is 0 Å². The smallest absolute Gasteiger partial charge is 0.0731 e. The van der Waals surface area contributed by atoms with Crippen molar-refractivity contribution in [3.05, 3.63) is 33.5 Å². The predicted octanol–water partition coefficient (Wildman–Crippen LogP) is 2.87. The second-order valence-electron chi connectivity index (χ2n) is 3.41. The van der Waals surface area contributed by atoms with E-state index in [1.54, 1.807) is 0 Å². The summed E-state index contributed by atoms with van der Waals surface area (Å²) in [4.78, 5) is 2.74. The Balaban J connectivity index is 2.45. The molecule has 0 saturated heterocycles. The second-order valence-corrected chi connectivity index (χ2v) is 4.75. The fourth-order valence-corrected chi connectivity index (χ4v) is 2.39. The molecule has 0 bridgehead atoms. The number of hydrogen-bond acceptors (Lipinski definition) is 3. The Morgan fingerprint density at radius 3 is 3.00 bits per heavy atom. The van der Waals surface area contributed by atoms with Crippen LogP contribution in [0.5, 0.6) is 0 Å².